The summed E-state index contributed by atoms with van der Waals surface area (Å²) < 4.78 is 115. The van der Waals surface area contributed by atoms with Gasteiger partial charge in [0.2, 0.25) is 0 Å². The second-order valence-electron chi connectivity index (χ2n) is 9.19. The van der Waals surface area contributed by atoms with Crippen molar-refractivity contribution in [3.63, 3.8) is 0 Å². The van der Waals surface area contributed by atoms with E-state index in [0.29, 0.717) is 41.5 Å². The number of amides is 1. The van der Waals surface area contributed by atoms with Gasteiger partial charge in [-0.05, 0) is 69.6 Å². The Balaban J connectivity index is 1.74. The number of aromatic nitrogens is 2. The number of aliphatic hydroxyl groups is 1. The van der Waals surface area contributed by atoms with Crippen molar-refractivity contribution in [1.82, 2.24) is 9.97 Å². The van der Waals surface area contributed by atoms with Crippen molar-refractivity contribution in [1.29, 1.82) is 0 Å². The number of pyridine rings is 1. The lowest BCUT2D eigenvalue weighted by atomic mass is 9.83. The van der Waals surface area contributed by atoms with Crippen LogP contribution >= 0.6 is 11.3 Å². The number of nitrogens with zero attached hydrogens (tertiary/aromatic N) is 2. The quantitative estimate of drug-likeness (QED) is 0.359. The molecule has 0 bridgehead atoms. The number of thiazole rings is 1. The Morgan fingerprint density at radius 3 is 2.55 bits per heavy atom. The van der Waals surface area contributed by atoms with Crippen molar-refractivity contribution in [2.45, 2.75) is 57.1 Å². The Morgan fingerprint density at radius 2 is 1.92 bits per heavy atom. The highest BCUT2D eigenvalue weighted by Gasteiger charge is 2.33. The van der Waals surface area contributed by atoms with Crippen LogP contribution in [-0.2, 0) is 26.1 Å². The molecule has 0 unspecified atom stereocenters. The summed E-state index contributed by atoms with van der Waals surface area (Å²) >= 11 is 1.18. The summed E-state index contributed by atoms with van der Waals surface area (Å²) in [4.78, 5) is 20.9. The van der Waals surface area contributed by atoms with E-state index < -0.39 is 64.1 Å². The Kier molecular flexibility index (Phi) is 5.88. The van der Waals surface area contributed by atoms with E-state index in [1.807, 2.05) is 0 Å². The van der Waals surface area contributed by atoms with Gasteiger partial charge in [-0.2, -0.15) is 21.6 Å². The summed E-state index contributed by atoms with van der Waals surface area (Å²) in [5.74, 6) is -1.25. The second-order valence-corrected chi connectivity index (χ2v) is 11.9. The average molecular weight is 578 g/mol. The Hall–Kier alpha value is -2.61. The maximum absolute atomic E-state index is 13.2. The zero-order valence-corrected chi connectivity index (χ0v) is 21.6. The van der Waals surface area contributed by atoms with E-state index >= 15 is 0 Å². The fraction of sp³-hybridized carbons (Fsp3) is 0.480. The van der Waals surface area contributed by atoms with Crippen LogP contribution in [0.25, 0.3) is 10.2 Å². The lowest BCUT2D eigenvalue weighted by Gasteiger charge is -2.26. The van der Waals surface area contributed by atoms with Gasteiger partial charge in [0.25, 0.3) is 16.0 Å². The van der Waals surface area contributed by atoms with E-state index in [1.54, 1.807) is 0 Å². The van der Waals surface area contributed by atoms with Crippen LogP contribution in [0.3, 0.4) is 0 Å². The van der Waals surface area contributed by atoms with Gasteiger partial charge in [0.1, 0.15) is 11.4 Å². The zero-order valence-electron chi connectivity index (χ0n) is 26.0. The van der Waals surface area contributed by atoms with Gasteiger partial charge in [-0.15, -0.1) is 11.3 Å². The lowest BCUT2D eigenvalue weighted by Crippen LogP contribution is -2.22. The molecule has 38 heavy (non-hydrogen) atoms. The van der Waals surface area contributed by atoms with E-state index in [2.05, 4.69) is 15.3 Å². The van der Waals surface area contributed by atoms with Crippen molar-refractivity contribution in [3.05, 3.63) is 52.3 Å². The van der Waals surface area contributed by atoms with Gasteiger partial charge in [-0.3, -0.25) is 8.98 Å². The molecule has 1 saturated carbocycles. The van der Waals surface area contributed by atoms with Crippen LogP contribution in [0.1, 0.15) is 80.3 Å². The summed E-state index contributed by atoms with van der Waals surface area (Å²) in [6, 6.07) is 4.87. The van der Waals surface area contributed by atoms with Gasteiger partial charge in [0.05, 0.1) is 33.7 Å². The summed E-state index contributed by atoms with van der Waals surface area (Å²) in [7, 11) is -3.58. The zero-order chi connectivity index (χ0) is 32.9. The topological polar surface area (TPSA) is 118 Å². The van der Waals surface area contributed by atoms with Gasteiger partial charge < -0.3 is 10.4 Å². The SMILES string of the molecule is [2H]C([2H])([2H])C(O)(c1cc2nc(C3CCC(COS(C)(=O)=O)CC3)sc2cc1NC(=O)c1cccc(C(F)(F)F)n1)C([2H])([2H])[2H]. The number of nitrogens with one attached hydrogen (secondary N) is 1. The third-order valence-corrected chi connectivity index (χ3v) is 7.91. The third kappa shape index (κ3) is 6.87. The van der Waals surface area contributed by atoms with Crippen LogP contribution in [0, 0.1) is 5.92 Å². The minimum atomic E-state index is -4.86. The van der Waals surface area contributed by atoms with Gasteiger partial charge in [0, 0.05) is 25.4 Å². The molecular weight excluding hydrogens is 543 g/mol. The highest BCUT2D eigenvalue weighted by atomic mass is 32.2. The minimum Gasteiger partial charge on any atom is -0.386 e. The van der Waals surface area contributed by atoms with Crippen LogP contribution in [0.15, 0.2) is 30.3 Å². The molecule has 0 radical (unpaired) electrons. The van der Waals surface area contributed by atoms with E-state index in [9.17, 15) is 31.5 Å². The van der Waals surface area contributed by atoms with Crippen LogP contribution in [0.4, 0.5) is 18.9 Å². The van der Waals surface area contributed by atoms with Crippen LogP contribution < -0.4 is 5.32 Å². The molecule has 13 heteroatoms. The molecule has 1 amide bonds. The maximum Gasteiger partial charge on any atom is 0.433 e. The van der Waals surface area contributed by atoms with Gasteiger partial charge in [0.15, 0.2) is 0 Å². The second kappa shape index (κ2) is 10.5. The first-order chi connectivity index (χ1) is 20.1. The normalized spacial score (nSPS) is 22.0. The molecule has 206 valence electrons. The summed E-state index contributed by atoms with van der Waals surface area (Å²) in [5.41, 5.74) is -6.56. The Bertz CT molecular complexity index is 1640. The first-order valence-electron chi connectivity index (χ1n) is 14.5. The minimum absolute atomic E-state index is 0.0156. The number of hydrogen-bond acceptors (Lipinski definition) is 8. The van der Waals surface area contributed by atoms with E-state index in [4.69, 9.17) is 12.4 Å². The van der Waals surface area contributed by atoms with Crippen LogP contribution in [0.5, 0.6) is 0 Å². The number of benzene rings is 1. The smallest absolute Gasteiger partial charge is 0.386 e. The summed E-state index contributed by atoms with van der Waals surface area (Å²) in [6.45, 7) is -7.02. The van der Waals surface area contributed by atoms with Crippen molar-refractivity contribution in [3.8, 4) is 0 Å². The van der Waals surface area contributed by atoms with E-state index in [1.165, 1.54) is 17.4 Å². The molecule has 2 aromatic heterocycles. The molecule has 8 nitrogen and oxygen atoms in total. The first kappa shape index (κ1) is 21.2. The van der Waals surface area contributed by atoms with Gasteiger partial charge >= 0.3 is 6.18 Å². The van der Waals surface area contributed by atoms with Gasteiger partial charge in [-0.25, -0.2) is 9.97 Å². The van der Waals surface area contributed by atoms with Crippen molar-refractivity contribution < 1.29 is 43.9 Å². The first-order valence-corrected chi connectivity index (χ1v) is 14.1. The van der Waals surface area contributed by atoms with Crippen LogP contribution in [-0.4, -0.2) is 42.3 Å². The molecule has 0 saturated heterocycles. The van der Waals surface area contributed by atoms with E-state index in [0.717, 1.165) is 24.5 Å². The number of carbonyl (C=O) groups is 1. The number of fused-ring (bicyclic) bond motifs is 1. The number of rotatable bonds is 7. The van der Waals surface area contributed by atoms with Crippen molar-refractivity contribution >= 4 is 43.3 Å². The highest BCUT2D eigenvalue weighted by molar-refractivity contribution is 7.85. The lowest BCUT2D eigenvalue weighted by molar-refractivity contribution is -0.141. The standard InChI is InChI=1S/C25H28F3N3O5S2/c1-24(2,33)16-11-19-20(12-18(16)30-22(32)17-5-4-6-21(29-17)25(26,27)28)37-23(31-19)15-9-7-14(8-10-15)13-36-38(3,34)35/h4-6,11-12,14-15,33H,7-10,13H2,1-3H3,(H,30,32)/i1D3,2D3. The van der Waals surface area contributed by atoms with E-state index in [-0.39, 0.29) is 24.0 Å². The third-order valence-electron chi connectivity index (χ3n) is 6.17. The monoisotopic (exact) mass is 577 g/mol. The molecule has 0 aliphatic heterocycles. The van der Waals surface area contributed by atoms with Crippen LogP contribution in [0.2, 0.25) is 0 Å². The largest absolute Gasteiger partial charge is 0.433 e. The molecular formula is C25H28F3N3O5S2. The van der Waals surface area contributed by atoms with Crippen molar-refractivity contribution in [2.24, 2.45) is 5.92 Å². The molecule has 0 atom stereocenters. The average Bonchev–Trinajstić information content (AvgIpc) is 3.32. The summed E-state index contributed by atoms with van der Waals surface area (Å²) in [6.07, 6.45) is -1.34. The Morgan fingerprint density at radius 1 is 1.21 bits per heavy atom. The number of carbonyl (C=O) groups excluding carboxylic acids is 1. The molecule has 4 rings (SSSR count). The predicted octanol–water partition coefficient (Wildman–Crippen LogP) is 5.44. The number of hydrogen-bond donors (Lipinski definition) is 2. The molecule has 1 aromatic carbocycles. The predicted molar refractivity (Wildman–Crippen MR) is 138 cm³/mol. The fourth-order valence-electron chi connectivity index (χ4n) is 4.27. The van der Waals surface area contributed by atoms with Crippen molar-refractivity contribution in [2.75, 3.05) is 18.2 Å². The number of anilines is 1. The molecule has 1 aliphatic carbocycles. The number of halogens is 3. The number of alkyl halides is 3. The Labute approximate surface area is 230 Å². The highest BCUT2D eigenvalue weighted by Crippen LogP contribution is 2.41. The molecule has 2 heterocycles. The fourth-order valence-corrected chi connectivity index (χ4v) is 5.87. The molecule has 1 fully saturated rings. The maximum atomic E-state index is 13.2. The molecule has 0 spiro atoms. The molecule has 3 aromatic rings. The summed E-state index contributed by atoms with van der Waals surface area (Å²) in [5, 5.41) is 14.2. The molecule has 2 N–H and O–H groups in total. The molecule has 1 aliphatic rings. The van der Waals surface area contributed by atoms with Gasteiger partial charge in [-0.1, -0.05) is 6.07 Å².